The maximum Gasteiger partial charge on any atom is 0.0546 e. The van der Waals surface area contributed by atoms with E-state index in [0.717, 1.165) is 73.1 Å². The summed E-state index contributed by atoms with van der Waals surface area (Å²) in [7, 11) is -1.04. The van der Waals surface area contributed by atoms with E-state index < -0.39 is 10.9 Å². The van der Waals surface area contributed by atoms with E-state index in [0.29, 0.717) is 0 Å². The lowest BCUT2D eigenvalue weighted by Crippen LogP contribution is -2.17. The molecule has 0 amide bonds. The normalized spacial score (nSPS) is 13.9. The zero-order chi connectivity index (χ0) is 78.7. The van der Waals surface area contributed by atoms with Gasteiger partial charge in [0.15, 0.2) is 0 Å². The monoisotopic (exact) mass is 1540 g/mol. The third-order valence-electron chi connectivity index (χ3n) is 25.2. The van der Waals surface area contributed by atoms with Crippen molar-refractivity contribution in [3.63, 3.8) is 0 Å². The van der Waals surface area contributed by atoms with Crippen LogP contribution in [-0.2, 0) is 10.8 Å². The second kappa shape index (κ2) is 28.5. The fourth-order valence-corrected chi connectivity index (χ4v) is 23.6. The van der Waals surface area contributed by atoms with Crippen molar-refractivity contribution in [2.24, 2.45) is 0 Å². The first kappa shape index (κ1) is 70.7. The summed E-state index contributed by atoms with van der Waals surface area (Å²) in [5, 5.41) is 2.52. The lowest BCUT2D eigenvalue weighted by Gasteiger charge is -2.32. The molecule has 19 aromatic rings. The average molecular weight is 1540 g/mol. The van der Waals surface area contributed by atoms with Crippen molar-refractivity contribution in [1.82, 2.24) is 0 Å². The maximum atomic E-state index is 2.59. The molecule has 1 aromatic heterocycles. The number of thiophene rings is 1. The molecule has 560 valence electrons. The summed E-state index contributed by atoms with van der Waals surface area (Å²) in [5.74, 6) is 0. The van der Waals surface area contributed by atoms with E-state index in [1.54, 1.807) is 0 Å². The van der Waals surface area contributed by atoms with Crippen LogP contribution in [0.25, 0.3) is 143 Å². The van der Waals surface area contributed by atoms with Gasteiger partial charge in [0.1, 0.15) is 0 Å². The summed E-state index contributed by atoms with van der Waals surface area (Å²) in [6.07, 6.45) is 0. The lowest BCUT2D eigenvalue weighted by atomic mass is 9.78. The van der Waals surface area contributed by atoms with E-state index in [-0.39, 0.29) is 10.8 Å². The number of nitrogens with zero attached hydrogens (tertiary/aromatic N) is 2. The van der Waals surface area contributed by atoms with Gasteiger partial charge in [-0.3, -0.25) is 0 Å². The van der Waals surface area contributed by atoms with Crippen molar-refractivity contribution in [3.05, 3.63) is 441 Å². The highest BCUT2D eigenvalue weighted by Crippen LogP contribution is 2.66. The molecule has 0 saturated carbocycles. The van der Waals surface area contributed by atoms with E-state index in [4.69, 9.17) is 0 Å². The Balaban J connectivity index is 0.711. The molecular formula is C114H82N2S2. The Labute approximate surface area is 697 Å². The van der Waals surface area contributed by atoms with Gasteiger partial charge in [-0.05, 0) is 218 Å². The second-order valence-electron chi connectivity index (χ2n) is 32.5. The molecule has 0 radical (unpaired) electrons. The third kappa shape index (κ3) is 11.5. The minimum absolute atomic E-state index is 0.130. The van der Waals surface area contributed by atoms with Crippen LogP contribution in [0.1, 0.15) is 49.9 Å². The minimum atomic E-state index is -1.04. The first-order valence-electron chi connectivity index (χ1n) is 41.0. The number of anilines is 6. The SMILES string of the molecule is CC1(C)c2ccccc2-c2cc(-c3ccccc3N(c3ccc4c(c3)-c3ccccc3[SH]4c3ccc4c(c3)-c3cccc(-c5ccccc5N(c5ccc6sc7ccccc7c6c5)c5cccc(-c6ccccc6)c5-c5ccccc5-c5ccccc5)c3C4(C)C)c3cccc(-c4ccccc4)c3-c3ccccc3-c3ccccc3)ccc21. The maximum absolute atomic E-state index is 2.59. The minimum Gasteiger partial charge on any atom is -0.309 e. The number of hydrogen-bond donors (Lipinski definition) is 1. The van der Waals surface area contributed by atoms with Gasteiger partial charge in [-0.1, -0.05) is 355 Å². The fourth-order valence-electron chi connectivity index (χ4n) is 19.9. The largest absolute Gasteiger partial charge is 0.309 e. The third-order valence-corrected chi connectivity index (χ3v) is 28.9. The van der Waals surface area contributed by atoms with E-state index in [1.807, 2.05) is 11.3 Å². The van der Waals surface area contributed by atoms with Crippen LogP contribution in [0.3, 0.4) is 0 Å². The average Bonchev–Trinajstić information content (AvgIpc) is 1.50. The lowest BCUT2D eigenvalue weighted by molar-refractivity contribution is 0.660. The molecule has 118 heavy (non-hydrogen) atoms. The molecule has 3 aliphatic rings. The molecule has 0 fully saturated rings. The van der Waals surface area contributed by atoms with Gasteiger partial charge in [-0.15, -0.1) is 11.3 Å². The topological polar surface area (TPSA) is 6.48 Å². The standard InChI is InChI=1S/C114H82N2S2/c1-113(2)99-55-26-21-45-87(99)95-70-78(62-66-100(95)113)84-44-22-27-56-102(84)115(104-58-32-51-85(76-38-13-7-14-39-76)110(104)91-49-19-17-42-82(91)74-34-9-5-10-35-74)80-64-69-109-98(72-80)90-48-25-30-61-108(90)118(109)81-65-67-101-96(73-81)94-54-31-53-93(112(94)114(101,3)4)88-46-23-28-57-103(88)116(79-63-68-107-97(71-79)89-47-24-29-60-106(89)117-107)105-59-33-52-86(77-40-15-8-16-41-77)111(105)92-50-20-18-43-83(92)75-36-11-6-12-37-75/h5-73,118H,1-4H3. The van der Waals surface area contributed by atoms with Crippen molar-refractivity contribution in [2.45, 2.75) is 53.2 Å². The Morgan fingerprint density at radius 3 is 1.25 bits per heavy atom. The second-order valence-corrected chi connectivity index (χ2v) is 35.7. The van der Waals surface area contributed by atoms with Gasteiger partial charge < -0.3 is 9.80 Å². The highest BCUT2D eigenvalue weighted by molar-refractivity contribution is 8.17. The van der Waals surface area contributed by atoms with Crippen LogP contribution in [0.2, 0.25) is 0 Å². The van der Waals surface area contributed by atoms with E-state index in [1.165, 1.54) is 141 Å². The van der Waals surface area contributed by atoms with Gasteiger partial charge in [0, 0.05) is 74.4 Å². The molecule has 1 atom stereocenters. The van der Waals surface area contributed by atoms with Crippen LogP contribution in [0.5, 0.6) is 0 Å². The molecule has 0 N–H and O–H groups in total. The van der Waals surface area contributed by atoms with Gasteiger partial charge in [-0.2, -0.15) is 10.9 Å². The van der Waals surface area contributed by atoms with Crippen molar-refractivity contribution in [2.75, 3.05) is 9.80 Å². The Kier molecular flexibility index (Phi) is 17.1. The van der Waals surface area contributed by atoms with Gasteiger partial charge in [0.25, 0.3) is 0 Å². The highest BCUT2D eigenvalue weighted by atomic mass is 32.2. The van der Waals surface area contributed by atoms with Crippen molar-refractivity contribution < 1.29 is 0 Å². The summed E-state index contributed by atoms with van der Waals surface area (Å²) in [4.78, 5) is 9.24. The summed E-state index contributed by atoms with van der Waals surface area (Å²) < 4.78 is 2.55. The molecule has 18 aromatic carbocycles. The zero-order valence-electron chi connectivity index (χ0n) is 66.1. The molecule has 22 rings (SSSR count). The summed E-state index contributed by atoms with van der Waals surface area (Å²) in [5.41, 5.74) is 37.9. The molecule has 2 nitrogen and oxygen atoms in total. The number of benzene rings is 18. The van der Waals surface area contributed by atoms with Gasteiger partial charge in [0.2, 0.25) is 0 Å². The van der Waals surface area contributed by atoms with Gasteiger partial charge in [0.05, 0.1) is 22.7 Å². The highest BCUT2D eigenvalue weighted by Gasteiger charge is 2.41. The molecule has 0 saturated heterocycles. The van der Waals surface area contributed by atoms with Crippen LogP contribution in [-0.4, -0.2) is 0 Å². The Morgan fingerprint density at radius 1 is 0.220 bits per heavy atom. The first-order chi connectivity index (χ1) is 58.1. The van der Waals surface area contributed by atoms with E-state index in [9.17, 15) is 0 Å². The van der Waals surface area contributed by atoms with Gasteiger partial charge in [-0.25, -0.2) is 0 Å². The molecule has 1 aliphatic heterocycles. The quantitative estimate of drug-likeness (QED) is 0.102. The van der Waals surface area contributed by atoms with E-state index in [2.05, 4.69) is 456 Å². The van der Waals surface area contributed by atoms with Crippen molar-refractivity contribution in [3.8, 4) is 122 Å². The van der Waals surface area contributed by atoms with Gasteiger partial charge >= 0.3 is 0 Å². The van der Waals surface area contributed by atoms with Crippen LogP contribution >= 0.6 is 22.2 Å². The van der Waals surface area contributed by atoms with Crippen LogP contribution in [0.15, 0.2) is 433 Å². The zero-order valence-corrected chi connectivity index (χ0v) is 67.8. The first-order valence-corrected chi connectivity index (χ1v) is 43.2. The number of thiol groups is 1. The summed E-state index contributed by atoms with van der Waals surface area (Å²) in [6, 6.07) is 158. The molecule has 2 heterocycles. The molecular weight excluding hydrogens is 1460 g/mol. The molecule has 1 unspecified atom stereocenters. The Bertz CT molecular complexity index is 7190. The summed E-state index contributed by atoms with van der Waals surface area (Å²) >= 11 is 1.86. The molecule has 0 spiro atoms. The van der Waals surface area contributed by atoms with Crippen molar-refractivity contribution >= 4 is 76.5 Å². The fraction of sp³-hybridized carbons (Fsp3) is 0.0526. The summed E-state index contributed by atoms with van der Waals surface area (Å²) in [6.45, 7) is 9.66. The number of rotatable bonds is 15. The predicted octanol–water partition coefficient (Wildman–Crippen LogP) is 32.4. The predicted molar refractivity (Wildman–Crippen MR) is 503 cm³/mol. The number of fused-ring (bicyclic) bond motifs is 12. The molecule has 2 aliphatic carbocycles. The van der Waals surface area contributed by atoms with E-state index >= 15 is 0 Å². The van der Waals surface area contributed by atoms with Crippen LogP contribution in [0, 0.1) is 0 Å². The number of para-hydroxylation sites is 2. The Hall–Kier alpha value is -13.9. The molecule has 0 bridgehead atoms. The Morgan fingerprint density at radius 2 is 0.627 bits per heavy atom. The van der Waals surface area contributed by atoms with Crippen LogP contribution < -0.4 is 9.80 Å². The van der Waals surface area contributed by atoms with Crippen LogP contribution in [0.4, 0.5) is 34.1 Å². The molecule has 4 heteroatoms. The smallest absolute Gasteiger partial charge is 0.0546 e. The number of hydrogen-bond acceptors (Lipinski definition) is 3. The van der Waals surface area contributed by atoms with Crippen molar-refractivity contribution in [1.29, 1.82) is 0 Å².